The Bertz CT molecular complexity index is 184. The van der Waals surface area contributed by atoms with Gasteiger partial charge >= 0.3 is 0 Å². The van der Waals surface area contributed by atoms with Gasteiger partial charge in [-0.15, -0.1) is 0 Å². The third-order valence-corrected chi connectivity index (χ3v) is 1.72. The molecule has 0 heterocycles. The molecule has 2 N–H and O–H groups in total. The van der Waals surface area contributed by atoms with Crippen molar-refractivity contribution in [2.75, 3.05) is 0 Å². The number of carbonyl (C=O) groups is 1. The summed E-state index contributed by atoms with van der Waals surface area (Å²) in [5.74, 6) is 0.0637. The summed E-state index contributed by atoms with van der Waals surface area (Å²) in [7, 11) is 0. The molecule has 0 saturated heterocycles. The van der Waals surface area contributed by atoms with Crippen LogP contribution < -0.4 is 5.73 Å². The van der Waals surface area contributed by atoms with Crippen molar-refractivity contribution >= 4 is 17.5 Å². The average molecular weight is 157 g/mol. The number of thioether (sulfide) groups is 1. The molecule has 56 valence electrons. The van der Waals surface area contributed by atoms with E-state index in [0.717, 1.165) is 0 Å². The molecule has 0 unspecified atom stereocenters. The van der Waals surface area contributed by atoms with Gasteiger partial charge in [0.05, 0.1) is 5.03 Å². The summed E-state index contributed by atoms with van der Waals surface area (Å²) >= 11 is 1.27. The minimum atomic E-state index is 0.0637. The van der Waals surface area contributed by atoms with E-state index in [1.165, 1.54) is 18.7 Å². The lowest BCUT2D eigenvalue weighted by molar-refractivity contribution is -0.113. The summed E-state index contributed by atoms with van der Waals surface area (Å²) in [6, 6.07) is 0. The molecule has 10 heavy (non-hydrogen) atoms. The first-order valence-corrected chi connectivity index (χ1v) is 3.70. The van der Waals surface area contributed by atoms with Crippen LogP contribution in [0.4, 0.5) is 0 Å². The molecule has 3 heteroatoms. The van der Waals surface area contributed by atoms with Gasteiger partial charge in [-0.05, 0) is 24.8 Å². The highest BCUT2D eigenvalue weighted by Gasteiger charge is 1.94. The monoisotopic (exact) mass is 157 g/mol. The second-order valence-electron chi connectivity index (χ2n) is 1.94. The Morgan fingerprint density at radius 2 is 2.10 bits per heavy atom. The van der Waals surface area contributed by atoms with Gasteiger partial charge in [-0.1, -0.05) is 18.3 Å². The molecule has 0 aliphatic heterocycles. The van der Waals surface area contributed by atoms with Crippen molar-refractivity contribution < 1.29 is 4.79 Å². The van der Waals surface area contributed by atoms with Crippen molar-refractivity contribution in [3.8, 4) is 0 Å². The fraction of sp³-hybridized carbons (Fsp3) is 0.286. The summed E-state index contributed by atoms with van der Waals surface area (Å²) in [4.78, 5) is 10.6. The van der Waals surface area contributed by atoms with Crippen LogP contribution in [-0.2, 0) is 4.79 Å². The quantitative estimate of drug-likeness (QED) is 0.633. The predicted molar refractivity (Wildman–Crippen MR) is 45.4 cm³/mol. The zero-order valence-electron chi connectivity index (χ0n) is 6.18. The van der Waals surface area contributed by atoms with Crippen molar-refractivity contribution in [3.05, 3.63) is 22.6 Å². The third kappa shape index (κ3) is 4.21. The zero-order valence-corrected chi connectivity index (χ0v) is 6.99. The van der Waals surface area contributed by atoms with Crippen LogP contribution in [-0.4, -0.2) is 5.78 Å². The van der Waals surface area contributed by atoms with Crippen molar-refractivity contribution in [2.45, 2.75) is 13.8 Å². The van der Waals surface area contributed by atoms with E-state index in [4.69, 9.17) is 5.73 Å². The van der Waals surface area contributed by atoms with Gasteiger partial charge in [-0.2, -0.15) is 0 Å². The van der Waals surface area contributed by atoms with Crippen LogP contribution >= 0.6 is 11.8 Å². The lowest BCUT2D eigenvalue weighted by Gasteiger charge is -1.93. The zero-order chi connectivity index (χ0) is 8.15. The van der Waals surface area contributed by atoms with Gasteiger partial charge in [0.1, 0.15) is 0 Å². The van der Waals surface area contributed by atoms with Crippen LogP contribution in [0.5, 0.6) is 0 Å². The number of rotatable bonds is 3. The Kier molecular flexibility index (Phi) is 3.88. The maximum Gasteiger partial charge on any atom is 0.156 e. The number of Topliss-reactive ketones (excluding diaryl/α,β-unsaturated/α-hetero) is 1. The SMILES string of the molecule is C=C(N)S/C=C(\C)C(C)=O. The van der Waals surface area contributed by atoms with Crippen LogP contribution in [0, 0.1) is 0 Å². The van der Waals surface area contributed by atoms with Crippen molar-refractivity contribution in [2.24, 2.45) is 5.73 Å². The molecule has 0 fully saturated rings. The van der Waals surface area contributed by atoms with E-state index in [9.17, 15) is 4.79 Å². The Labute approximate surface area is 65.2 Å². The molecule has 0 amide bonds. The topological polar surface area (TPSA) is 43.1 Å². The molecule has 0 aromatic rings. The molecule has 0 spiro atoms. The van der Waals surface area contributed by atoms with Crippen LogP contribution in [0.15, 0.2) is 22.6 Å². The first-order chi connectivity index (χ1) is 4.54. The number of ketones is 1. The molecule has 0 radical (unpaired) electrons. The van der Waals surface area contributed by atoms with E-state index in [2.05, 4.69) is 6.58 Å². The third-order valence-electron chi connectivity index (χ3n) is 0.942. The minimum absolute atomic E-state index is 0.0637. The summed E-state index contributed by atoms with van der Waals surface area (Å²) in [5, 5.41) is 2.20. The van der Waals surface area contributed by atoms with Gasteiger partial charge in [0.15, 0.2) is 5.78 Å². The second-order valence-corrected chi connectivity index (χ2v) is 2.94. The highest BCUT2D eigenvalue weighted by Crippen LogP contribution is 2.11. The van der Waals surface area contributed by atoms with E-state index < -0.39 is 0 Å². The smallest absolute Gasteiger partial charge is 0.156 e. The molecule has 0 aromatic heterocycles. The van der Waals surface area contributed by atoms with Crippen molar-refractivity contribution in [1.29, 1.82) is 0 Å². The number of hydrogen-bond acceptors (Lipinski definition) is 3. The molecule has 0 saturated carbocycles. The number of nitrogens with two attached hydrogens (primary N) is 1. The first-order valence-electron chi connectivity index (χ1n) is 2.82. The van der Waals surface area contributed by atoms with Crippen LogP contribution in [0.1, 0.15) is 13.8 Å². The molecule has 0 aliphatic carbocycles. The van der Waals surface area contributed by atoms with E-state index in [1.54, 1.807) is 12.3 Å². The highest BCUT2D eigenvalue weighted by molar-refractivity contribution is 8.05. The van der Waals surface area contributed by atoms with E-state index in [1.807, 2.05) is 0 Å². The summed E-state index contributed by atoms with van der Waals surface area (Å²) in [6.45, 7) is 6.74. The van der Waals surface area contributed by atoms with E-state index in [-0.39, 0.29) is 5.78 Å². The summed E-state index contributed by atoms with van der Waals surface area (Å²) in [5.41, 5.74) is 5.96. The van der Waals surface area contributed by atoms with Gasteiger partial charge < -0.3 is 5.73 Å². The van der Waals surface area contributed by atoms with Gasteiger partial charge in [0.2, 0.25) is 0 Å². The van der Waals surface area contributed by atoms with Crippen LogP contribution in [0.3, 0.4) is 0 Å². The number of carbonyl (C=O) groups excluding carboxylic acids is 1. The van der Waals surface area contributed by atoms with Gasteiger partial charge in [0, 0.05) is 0 Å². The lowest BCUT2D eigenvalue weighted by atomic mass is 10.2. The maximum absolute atomic E-state index is 10.6. The number of allylic oxidation sites excluding steroid dienone is 1. The molecular weight excluding hydrogens is 146 g/mol. The molecule has 2 nitrogen and oxygen atoms in total. The van der Waals surface area contributed by atoms with E-state index >= 15 is 0 Å². The van der Waals surface area contributed by atoms with Crippen LogP contribution in [0.25, 0.3) is 0 Å². The Balaban J connectivity index is 3.92. The fourth-order valence-electron chi connectivity index (χ4n) is 0.247. The first kappa shape index (κ1) is 9.30. The molecule has 0 aliphatic rings. The molecule has 0 rings (SSSR count). The largest absolute Gasteiger partial charge is 0.394 e. The Morgan fingerprint density at radius 3 is 2.40 bits per heavy atom. The van der Waals surface area contributed by atoms with Gasteiger partial charge in [0.25, 0.3) is 0 Å². The maximum atomic E-state index is 10.6. The average Bonchev–Trinajstić information content (AvgIpc) is 1.82. The molecule has 0 bridgehead atoms. The van der Waals surface area contributed by atoms with Crippen molar-refractivity contribution in [3.63, 3.8) is 0 Å². The fourth-order valence-corrected chi connectivity index (χ4v) is 0.741. The minimum Gasteiger partial charge on any atom is -0.394 e. The van der Waals surface area contributed by atoms with Crippen molar-refractivity contribution in [1.82, 2.24) is 0 Å². The van der Waals surface area contributed by atoms with E-state index in [0.29, 0.717) is 10.6 Å². The molecule has 0 atom stereocenters. The van der Waals surface area contributed by atoms with Crippen LogP contribution in [0.2, 0.25) is 0 Å². The second kappa shape index (κ2) is 4.17. The highest BCUT2D eigenvalue weighted by atomic mass is 32.2. The summed E-state index contributed by atoms with van der Waals surface area (Å²) in [6.07, 6.45) is 0. The lowest BCUT2D eigenvalue weighted by Crippen LogP contribution is -1.91. The molecular formula is C7H11NOS. The Morgan fingerprint density at radius 1 is 1.60 bits per heavy atom. The molecule has 0 aromatic carbocycles. The van der Waals surface area contributed by atoms with Gasteiger partial charge in [-0.3, -0.25) is 4.79 Å². The van der Waals surface area contributed by atoms with Gasteiger partial charge in [-0.25, -0.2) is 0 Å². The number of hydrogen-bond donors (Lipinski definition) is 1. The normalized spacial score (nSPS) is 11.2. The predicted octanol–water partition coefficient (Wildman–Crippen LogP) is 1.64. The Hall–Kier alpha value is -0.700. The standard InChI is InChI=1S/C7H11NOS/c1-5(6(2)9)4-10-7(3)8/h4H,3,8H2,1-2H3/b5-4+. The summed E-state index contributed by atoms with van der Waals surface area (Å²) < 4.78 is 0.